The van der Waals surface area contributed by atoms with Crippen LogP contribution in [-0.2, 0) is 20.0 Å². The molecule has 0 bridgehead atoms. The highest BCUT2D eigenvalue weighted by atomic mass is 32.2. The molecule has 0 saturated heterocycles. The molecule has 0 radical (unpaired) electrons. The monoisotopic (exact) mass is 610 g/mol. The third kappa shape index (κ3) is 5.53. The first-order valence-electron chi connectivity index (χ1n) is 12.8. The molecule has 0 amide bonds. The average molecular weight is 611 g/mol. The summed E-state index contributed by atoms with van der Waals surface area (Å²) in [6.07, 6.45) is 1.75. The van der Waals surface area contributed by atoms with Gasteiger partial charge in [-0.1, -0.05) is 25.1 Å². The van der Waals surface area contributed by atoms with Gasteiger partial charge in [0.05, 0.1) is 56.3 Å². The number of thioether (sulfide) groups is 2. The van der Waals surface area contributed by atoms with E-state index < -0.39 is 5.44 Å². The Morgan fingerprint density at radius 2 is 1.24 bits per heavy atom. The van der Waals surface area contributed by atoms with Crippen molar-refractivity contribution < 1.29 is 52.2 Å². The smallest absolute Gasteiger partial charge is 0.226 e. The minimum Gasteiger partial charge on any atom is -0.492 e. The van der Waals surface area contributed by atoms with Gasteiger partial charge >= 0.3 is 0 Å². The van der Waals surface area contributed by atoms with Gasteiger partial charge in [0.25, 0.3) is 0 Å². The molecular formula is C28H34O11S2. The fourth-order valence-corrected chi connectivity index (χ4v) is 6.81. The highest BCUT2D eigenvalue weighted by Gasteiger charge is 2.44. The zero-order valence-corrected chi connectivity index (χ0v) is 25.8. The summed E-state index contributed by atoms with van der Waals surface area (Å²) in [5.41, 5.74) is 1.54. The van der Waals surface area contributed by atoms with Gasteiger partial charge in [-0.05, 0) is 18.2 Å². The van der Waals surface area contributed by atoms with Crippen LogP contribution in [0.4, 0.5) is 0 Å². The molecule has 11 nitrogen and oxygen atoms in total. The van der Waals surface area contributed by atoms with Crippen LogP contribution in [0.25, 0.3) is 11.1 Å². The molecule has 1 atom stereocenters. The van der Waals surface area contributed by atoms with E-state index in [0.29, 0.717) is 34.8 Å². The zero-order chi connectivity index (χ0) is 29.7. The third-order valence-electron chi connectivity index (χ3n) is 6.55. The summed E-state index contributed by atoms with van der Waals surface area (Å²) in [5, 5.41) is -0.497. The zero-order valence-electron chi connectivity index (χ0n) is 24.1. The quantitative estimate of drug-likeness (QED) is 0.188. The number of benzene rings is 2. The van der Waals surface area contributed by atoms with Crippen molar-refractivity contribution in [2.24, 2.45) is 0 Å². The van der Waals surface area contributed by atoms with Gasteiger partial charge in [-0.15, -0.1) is 0 Å². The summed E-state index contributed by atoms with van der Waals surface area (Å²) < 4.78 is 52.3. The maximum Gasteiger partial charge on any atom is 0.226 e. The van der Waals surface area contributed by atoms with Crippen LogP contribution in [-0.4, -0.2) is 73.1 Å². The van der Waals surface area contributed by atoms with E-state index in [1.807, 2.05) is 0 Å². The number of rotatable bonds is 15. The number of hydrogen-bond acceptors (Lipinski definition) is 13. The second kappa shape index (κ2) is 13.9. The van der Waals surface area contributed by atoms with Crippen molar-refractivity contribution in [1.82, 2.24) is 0 Å². The maximum absolute atomic E-state index is 13.6. The van der Waals surface area contributed by atoms with Crippen molar-refractivity contribution in [2.75, 3.05) is 62.9 Å². The first-order chi connectivity index (χ1) is 19.9. The summed E-state index contributed by atoms with van der Waals surface area (Å²) in [7, 11) is 8.86. The molecule has 0 N–H and O–H groups in total. The minimum atomic E-state index is -0.648. The molecule has 0 spiro atoms. The van der Waals surface area contributed by atoms with Gasteiger partial charge in [0.15, 0.2) is 36.6 Å². The van der Waals surface area contributed by atoms with Gasteiger partial charge in [-0.3, -0.25) is 9.59 Å². The summed E-state index contributed by atoms with van der Waals surface area (Å²) in [4.78, 5) is 26.8. The van der Waals surface area contributed by atoms with E-state index in [-0.39, 0.29) is 69.3 Å². The molecule has 2 aliphatic heterocycles. The Hall–Kier alpha value is -2.84. The Bertz CT molecular complexity index is 1310. The molecule has 13 heteroatoms. The molecule has 4 rings (SSSR count). The van der Waals surface area contributed by atoms with E-state index in [1.54, 1.807) is 0 Å². The first-order valence-corrected chi connectivity index (χ1v) is 14.7. The summed E-state index contributed by atoms with van der Waals surface area (Å²) in [5.74, 6) is 1.77. The topological polar surface area (TPSA) is 117 Å². The molecule has 2 aromatic rings. The molecule has 224 valence electrons. The number of methoxy groups -OCH3 is 6. The SMILES string of the molecule is CCCCOC1SC(=O)c2c(OCOC)c(-c3c(OC)c(OC)c4c(c3OCOC)C(=O)SC4)c(OC)c(OC)c21. The van der Waals surface area contributed by atoms with Crippen LogP contribution in [0.15, 0.2) is 0 Å². The van der Waals surface area contributed by atoms with E-state index in [1.165, 1.54) is 42.7 Å². The standard InChI is InChI=1S/C28H34O11S2/c1-8-9-10-37-28-19-18(27(30)41-28)22(39-13-32-3)17(24(35-6)25(19)36-7)16-21(38-12-31-2)15-14(11-40-26(15)29)20(33-4)23(16)34-5/h28H,8-13H2,1-7H3. The fourth-order valence-electron chi connectivity index (χ4n) is 4.87. The van der Waals surface area contributed by atoms with E-state index >= 15 is 0 Å². The highest BCUT2D eigenvalue weighted by molar-refractivity contribution is 8.14. The molecule has 0 aromatic heterocycles. The van der Waals surface area contributed by atoms with Crippen molar-refractivity contribution in [2.45, 2.75) is 31.0 Å². The number of carbonyl (C=O) groups is 2. The summed E-state index contributed by atoms with van der Waals surface area (Å²) >= 11 is 2.13. The predicted molar refractivity (Wildman–Crippen MR) is 154 cm³/mol. The molecule has 2 aliphatic rings. The van der Waals surface area contributed by atoms with E-state index in [4.69, 9.17) is 42.6 Å². The molecule has 0 saturated carbocycles. The highest BCUT2D eigenvalue weighted by Crippen LogP contribution is 2.63. The number of ether oxygens (including phenoxy) is 9. The van der Waals surface area contributed by atoms with Crippen molar-refractivity contribution in [1.29, 1.82) is 0 Å². The van der Waals surface area contributed by atoms with Gasteiger partial charge in [-0.2, -0.15) is 0 Å². The second-order valence-electron chi connectivity index (χ2n) is 8.82. The van der Waals surface area contributed by atoms with Crippen LogP contribution in [0.3, 0.4) is 0 Å². The van der Waals surface area contributed by atoms with Crippen molar-refractivity contribution in [3.05, 3.63) is 22.3 Å². The van der Waals surface area contributed by atoms with E-state index in [2.05, 4.69) is 6.92 Å². The second-order valence-corrected chi connectivity index (χ2v) is 10.8. The predicted octanol–water partition coefficient (Wildman–Crippen LogP) is 5.44. The van der Waals surface area contributed by atoms with Crippen LogP contribution in [0.2, 0.25) is 0 Å². The summed E-state index contributed by atoms with van der Waals surface area (Å²) in [6.45, 7) is 2.14. The normalized spacial score (nSPS) is 15.5. The Morgan fingerprint density at radius 3 is 1.78 bits per heavy atom. The van der Waals surface area contributed by atoms with E-state index in [0.717, 1.165) is 36.4 Å². The van der Waals surface area contributed by atoms with Gasteiger partial charge in [0, 0.05) is 32.1 Å². The van der Waals surface area contributed by atoms with Crippen LogP contribution in [0.1, 0.15) is 57.0 Å². The van der Waals surface area contributed by atoms with Crippen molar-refractivity contribution in [3.8, 4) is 45.6 Å². The lowest BCUT2D eigenvalue weighted by Gasteiger charge is -2.26. The lowest BCUT2D eigenvalue weighted by molar-refractivity contribution is 0.0488. The van der Waals surface area contributed by atoms with Crippen LogP contribution in [0, 0.1) is 0 Å². The van der Waals surface area contributed by atoms with Crippen LogP contribution < -0.4 is 28.4 Å². The Labute approximate surface area is 247 Å². The Balaban J connectivity index is 2.17. The van der Waals surface area contributed by atoms with Gasteiger partial charge in [0.1, 0.15) is 16.9 Å². The number of hydrogen-bond donors (Lipinski definition) is 0. The molecular weight excluding hydrogens is 576 g/mol. The molecule has 2 aromatic carbocycles. The molecule has 2 heterocycles. The Morgan fingerprint density at radius 1 is 0.683 bits per heavy atom. The number of carbonyl (C=O) groups excluding carboxylic acids is 2. The van der Waals surface area contributed by atoms with Crippen LogP contribution in [0.5, 0.6) is 34.5 Å². The average Bonchev–Trinajstić information content (AvgIpc) is 3.52. The van der Waals surface area contributed by atoms with Gasteiger partial charge in [0.2, 0.25) is 10.2 Å². The lowest BCUT2D eigenvalue weighted by Crippen LogP contribution is -2.12. The third-order valence-corrected chi connectivity index (χ3v) is 8.45. The largest absolute Gasteiger partial charge is 0.492 e. The van der Waals surface area contributed by atoms with Gasteiger partial charge < -0.3 is 42.6 Å². The molecule has 1 unspecified atom stereocenters. The lowest BCUT2D eigenvalue weighted by atomic mass is 9.91. The van der Waals surface area contributed by atoms with E-state index in [9.17, 15) is 9.59 Å². The fraction of sp³-hybridized carbons (Fsp3) is 0.500. The molecule has 41 heavy (non-hydrogen) atoms. The maximum atomic E-state index is 13.6. The molecule has 0 fully saturated rings. The number of unbranched alkanes of at least 4 members (excludes halogenated alkanes) is 1. The van der Waals surface area contributed by atoms with Crippen LogP contribution >= 0.6 is 23.5 Å². The summed E-state index contributed by atoms with van der Waals surface area (Å²) in [6, 6.07) is 0. The van der Waals surface area contributed by atoms with Crippen molar-refractivity contribution >= 4 is 33.8 Å². The Kier molecular flexibility index (Phi) is 10.5. The first kappa shape index (κ1) is 31.1. The molecule has 0 aliphatic carbocycles. The van der Waals surface area contributed by atoms with Gasteiger partial charge in [-0.25, -0.2) is 0 Å². The van der Waals surface area contributed by atoms with Crippen molar-refractivity contribution in [3.63, 3.8) is 0 Å². The number of fused-ring (bicyclic) bond motifs is 2. The minimum absolute atomic E-state index is 0.138.